The minimum atomic E-state index is -0.339. The van der Waals surface area contributed by atoms with Crippen molar-refractivity contribution in [3.8, 4) is 0 Å². The van der Waals surface area contributed by atoms with Gasteiger partial charge < -0.3 is 21.1 Å². The quantitative estimate of drug-likeness (QED) is 0.515. The molecule has 4 N–H and O–H groups in total. The number of nitrogens with one attached hydrogen (secondary N) is 2. The van der Waals surface area contributed by atoms with Crippen molar-refractivity contribution in [2.75, 3.05) is 5.32 Å². The van der Waals surface area contributed by atoms with Crippen molar-refractivity contribution >= 4 is 30.4 Å². The van der Waals surface area contributed by atoms with E-state index in [2.05, 4.69) is 33.2 Å². The maximum Gasteiger partial charge on any atom is 0.407 e. The zero-order valence-electron chi connectivity index (χ0n) is 18.1. The van der Waals surface area contributed by atoms with Crippen LogP contribution >= 0.6 is 12.6 Å². The van der Waals surface area contributed by atoms with E-state index < -0.39 is 0 Å². The third-order valence-electron chi connectivity index (χ3n) is 4.33. The molecule has 0 saturated heterocycles. The van der Waals surface area contributed by atoms with Crippen LogP contribution in [0.15, 0.2) is 41.6 Å². The number of hydrogen-bond acceptors (Lipinski definition) is 7. The van der Waals surface area contributed by atoms with Gasteiger partial charge in [0.2, 0.25) is 5.95 Å². The highest BCUT2D eigenvalue weighted by Crippen LogP contribution is 2.35. The van der Waals surface area contributed by atoms with Crippen LogP contribution in [0.2, 0.25) is 0 Å². The van der Waals surface area contributed by atoms with Gasteiger partial charge in [-0.15, -0.1) is 12.6 Å². The molecule has 1 aromatic heterocycles. The van der Waals surface area contributed by atoms with E-state index in [4.69, 9.17) is 10.5 Å². The third kappa shape index (κ3) is 8.59. The van der Waals surface area contributed by atoms with E-state index in [9.17, 15) is 4.79 Å². The summed E-state index contributed by atoms with van der Waals surface area (Å²) in [6.07, 6.45) is 5.97. The number of aromatic nitrogens is 2. The molecule has 1 saturated carbocycles. The molecule has 8 heteroatoms. The lowest BCUT2D eigenvalue weighted by atomic mass is 10.0. The molecule has 0 aliphatic heterocycles. The summed E-state index contributed by atoms with van der Waals surface area (Å²) in [6.45, 7) is 7.72. The van der Waals surface area contributed by atoms with Gasteiger partial charge >= 0.3 is 6.09 Å². The molecule has 1 heterocycles. The van der Waals surface area contributed by atoms with Crippen molar-refractivity contribution < 1.29 is 9.53 Å². The van der Waals surface area contributed by atoms with Crippen molar-refractivity contribution in [2.24, 2.45) is 5.73 Å². The van der Waals surface area contributed by atoms with Crippen LogP contribution in [-0.2, 0) is 4.74 Å². The Kier molecular flexibility index (Phi) is 9.39. The molecule has 2 aromatic rings. The number of rotatable bonds is 5. The number of alkyl carbamates (subject to hydrolysis) is 1. The number of amides is 1. The molecule has 1 aromatic carbocycles. The fourth-order valence-electron chi connectivity index (χ4n) is 3.06. The van der Waals surface area contributed by atoms with E-state index in [0.717, 1.165) is 35.4 Å². The van der Waals surface area contributed by atoms with Crippen LogP contribution in [0.25, 0.3) is 0 Å². The van der Waals surface area contributed by atoms with Gasteiger partial charge in [-0.05, 0) is 74.9 Å². The normalized spacial score (nSPS) is 18.0. The first-order chi connectivity index (χ1) is 14.2. The second kappa shape index (κ2) is 11.8. The Bertz CT molecular complexity index is 778. The van der Waals surface area contributed by atoms with Crippen molar-refractivity contribution in [3.63, 3.8) is 0 Å². The first-order valence-electron chi connectivity index (χ1n) is 10.3. The molecule has 2 unspecified atom stereocenters. The van der Waals surface area contributed by atoms with Gasteiger partial charge in [0.15, 0.2) is 0 Å². The zero-order valence-corrected chi connectivity index (χ0v) is 19.0. The summed E-state index contributed by atoms with van der Waals surface area (Å²) >= 11 is 4.27. The molecule has 164 valence electrons. The first-order valence-corrected chi connectivity index (χ1v) is 10.8. The topological polar surface area (TPSA) is 102 Å². The number of thiol groups is 1. The summed E-state index contributed by atoms with van der Waals surface area (Å²) in [5.74, 6) is 0.882. The fourth-order valence-corrected chi connectivity index (χ4v) is 3.21. The van der Waals surface area contributed by atoms with Crippen molar-refractivity contribution in [1.29, 1.82) is 0 Å². The summed E-state index contributed by atoms with van der Waals surface area (Å²) in [4.78, 5) is 21.4. The lowest BCUT2D eigenvalue weighted by Gasteiger charge is -2.15. The maximum absolute atomic E-state index is 11.7. The highest BCUT2D eigenvalue weighted by Gasteiger charge is 2.29. The molecule has 0 spiro atoms. The van der Waals surface area contributed by atoms with Crippen LogP contribution in [0.4, 0.5) is 16.4 Å². The molecular formula is C22H33N5O2S. The highest BCUT2D eigenvalue weighted by atomic mass is 32.1. The number of anilines is 2. The van der Waals surface area contributed by atoms with Crippen LogP contribution in [0.5, 0.6) is 0 Å². The zero-order chi connectivity index (χ0) is 22.1. The number of ether oxygens (including phenoxy) is 1. The average Bonchev–Trinajstić information content (AvgIpc) is 3.11. The molecular weight excluding hydrogens is 398 g/mol. The Morgan fingerprint density at radius 3 is 2.30 bits per heavy atom. The molecule has 2 atom stereocenters. The summed E-state index contributed by atoms with van der Waals surface area (Å²) < 4.78 is 5.48. The first kappa shape index (κ1) is 24.0. The summed E-state index contributed by atoms with van der Waals surface area (Å²) in [5, 5.41) is 5.93. The third-order valence-corrected chi connectivity index (χ3v) is 4.63. The molecule has 30 heavy (non-hydrogen) atoms. The number of carbonyl (C=O) groups excluding carboxylic acids is 1. The second-order valence-electron chi connectivity index (χ2n) is 8.09. The Morgan fingerprint density at radius 1 is 1.13 bits per heavy atom. The van der Waals surface area contributed by atoms with Crippen LogP contribution in [0.1, 0.15) is 58.4 Å². The Hall–Kier alpha value is -2.32. The Morgan fingerprint density at radius 2 is 1.73 bits per heavy atom. The number of hydrogen-bond donors (Lipinski definition) is 4. The second-order valence-corrected chi connectivity index (χ2v) is 8.61. The lowest BCUT2D eigenvalue weighted by molar-refractivity contribution is 0.0982. The smallest absolute Gasteiger partial charge is 0.407 e. The molecule has 1 aliphatic carbocycles. The number of carbonyl (C=O) groups is 1. The maximum atomic E-state index is 11.7. The van der Waals surface area contributed by atoms with Gasteiger partial charge in [-0.3, -0.25) is 0 Å². The number of benzene rings is 1. The summed E-state index contributed by atoms with van der Waals surface area (Å²) in [7, 11) is 0. The van der Waals surface area contributed by atoms with Gasteiger partial charge in [-0.2, -0.15) is 0 Å². The van der Waals surface area contributed by atoms with E-state index in [-0.39, 0.29) is 18.2 Å². The van der Waals surface area contributed by atoms with Gasteiger partial charge in [0.05, 0.1) is 0 Å². The van der Waals surface area contributed by atoms with Crippen LogP contribution in [-0.4, -0.2) is 34.2 Å². The van der Waals surface area contributed by atoms with Gasteiger partial charge in [0.25, 0.3) is 0 Å². The fraction of sp³-hybridized carbons (Fsp3) is 0.500. The minimum Gasteiger partial charge on any atom is -0.446 e. The van der Waals surface area contributed by atoms with Crippen LogP contribution in [0, 0.1) is 0 Å². The van der Waals surface area contributed by atoms with Crippen LogP contribution in [0.3, 0.4) is 0 Å². The minimum absolute atomic E-state index is 0.0451. The van der Waals surface area contributed by atoms with Gasteiger partial charge in [-0.25, -0.2) is 14.8 Å². The van der Waals surface area contributed by atoms with E-state index in [1.165, 1.54) is 0 Å². The monoisotopic (exact) mass is 431 g/mol. The van der Waals surface area contributed by atoms with Crippen molar-refractivity contribution in [1.82, 2.24) is 15.3 Å². The van der Waals surface area contributed by atoms with E-state index >= 15 is 0 Å². The van der Waals surface area contributed by atoms with Gasteiger partial charge in [0.1, 0.15) is 6.10 Å². The van der Waals surface area contributed by atoms with E-state index in [1.54, 1.807) is 0 Å². The predicted molar refractivity (Wildman–Crippen MR) is 123 cm³/mol. The highest BCUT2D eigenvalue weighted by molar-refractivity contribution is 7.80. The predicted octanol–water partition coefficient (Wildman–Crippen LogP) is 4.63. The summed E-state index contributed by atoms with van der Waals surface area (Å²) in [5.41, 5.74) is 7.11. The van der Waals surface area contributed by atoms with Gasteiger partial charge in [0, 0.05) is 29.0 Å². The largest absolute Gasteiger partial charge is 0.446 e. The molecule has 0 radical (unpaired) electrons. The van der Waals surface area contributed by atoms with E-state index in [0.29, 0.717) is 17.9 Å². The van der Waals surface area contributed by atoms with Gasteiger partial charge in [-0.1, -0.05) is 13.8 Å². The van der Waals surface area contributed by atoms with Crippen molar-refractivity contribution in [3.05, 3.63) is 42.2 Å². The molecule has 0 bridgehead atoms. The Balaban J connectivity index is 0.000000735. The number of nitrogens with two attached hydrogens (primary N) is 1. The Labute approximate surface area is 184 Å². The lowest BCUT2D eigenvalue weighted by Crippen LogP contribution is -2.33. The SMILES string of the molecule is CC(C)N.CC(C)NC(=O)OC1CCC(c2cnc(Nc3ccc(S)cc3)nc2)C1. The van der Waals surface area contributed by atoms with E-state index in [1.807, 2.05) is 64.4 Å². The standard InChI is InChI=1S/C19H24N4O2S.C3H9N/c1-12(2)22-19(24)25-16-6-3-13(9-16)14-10-20-18(21-11-14)23-15-4-7-17(26)8-5-15;1-3(2)4/h4-5,7-8,10-13,16,26H,3,6,9H2,1-2H3,(H,22,24)(H,20,21,23);3H,4H2,1-2H3. The molecule has 1 amide bonds. The summed E-state index contributed by atoms with van der Waals surface area (Å²) in [6, 6.07) is 8.10. The number of nitrogens with zero attached hydrogens (tertiary/aromatic N) is 2. The molecule has 3 rings (SSSR count). The van der Waals surface area contributed by atoms with Crippen molar-refractivity contribution in [2.45, 2.75) is 76.0 Å². The molecule has 7 nitrogen and oxygen atoms in total. The molecule has 1 aliphatic rings. The van der Waals surface area contributed by atoms with Crippen LogP contribution < -0.4 is 16.4 Å². The molecule has 1 fully saturated rings. The average molecular weight is 432 g/mol.